The zero-order valence-electron chi connectivity index (χ0n) is 12.0. The fraction of sp³-hybridized carbons (Fsp3) is 0.571. The van der Waals surface area contributed by atoms with Crippen LogP contribution in [0.4, 0.5) is 0 Å². The van der Waals surface area contributed by atoms with E-state index in [1.54, 1.807) is 14.2 Å². The van der Waals surface area contributed by atoms with Gasteiger partial charge in [0.25, 0.3) is 0 Å². The van der Waals surface area contributed by atoms with Crippen LogP contribution in [0, 0.1) is 0 Å². The van der Waals surface area contributed by atoms with Crippen LogP contribution in [0.5, 0.6) is 11.5 Å². The molecule has 0 saturated carbocycles. The van der Waals surface area contributed by atoms with Crippen LogP contribution in [0.2, 0.25) is 0 Å². The summed E-state index contributed by atoms with van der Waals surface area (Å²) >= 11 is 0. The van der Waals surface area contributed by atoms with Crippen molar-refractivity contribution in [2.75, 3.05) is 41.9 Å². The molecule has 0 aliphatic rings. The standard InChI is InChI=1S/C14H24N2O2/c1-15-9-8-12(16(2)3)11-6-7-13(17-4)14(10-11)18-5/h6-7,10,12,15H,8-9H2,1-5H3. The Balaban J connectivity index is 2.97. The monoisotopic (exact) mass is 252 g/mol. The number of hydrogen-bond donors (Lipinski definition) is 1. The number of ether oxygens (including phenoxy) is 2. The van der Waals surface area contributed by atoms with Crippen molar-refractivity contribution in [3.8, 4) is 11.5 Å². The molecular weight excluding hydrogens is 228 g/mol. The molecule has 1 unspecified atom stereocenters. The number of hydrogen-bond acceptors (Lipinski definition) is 4. The van der Waals surface area contributed by atoms with Gasteiger partial charge in [0.05, 0.1) is 14.2 Å². The van der Waals surface area contributed by atoms with Gasteiger partial charge < -0.3 is 19.7 Å². The minimum Gasteiger partial charge on any atom is -0.493 e. The number of nitrogens with zero attached hydrogens (tertiary/aromatic N) is 1. The van der Waals surface area contributed by atoms with E-state index in [1.807, 2.05) is 13.1 Å². The molecule has 0 aromatic heterocycles. The Morgan fingerprint density at radius 1 is 1.17 bits per heavy atom. The maximum Gasteiger partial charge on any atom is 0.161 e. The van der Waals surface area contributed by atoms with Crippen LogP contribution >= 0.6 is 0 Å². The third kappa shape index (κ3) is 3.62. The number of nitrogens with one attached hydrogen (secondary N) is 1. The highest BCUT2D eigenvalue weighted by molar-refractivity contribution is 5.43. The molecule has 1 rings (SSSR count). The second kappa shape index (κ2) is 7.24. The van der Waals surface area contributed by atoms with Gasteiger partial charge in [0.2, 0.25) is 0 Å². The molecule has 18 heavy (non-hydrogen) atoms. The fourth-order valence-electron chi connectivity index (χ4n) is 2.06. The maximum absolute atomic E-state index is 5.35. The summed E-state index contributed by atoms with van der Waals surface area (Å²) < 4.78 is 10.6. The lowest BCUT2D eigenvalue weighted by atomic mass is 10.0. The van der Waals surface area contributed by atoms with E-state index in [-0.39, 0.29) is 0 Å². The second-order valence-electron chi connectivity index (χ2n) is 4.49. The lowest BCUT2D eigenvalue weighted by Crippen LogP contribution is -2.24. The summed E-state index contributed by atoms with van der Waals surface area (Å²) in [5, 5.41) is 3.19. The Morgan fingerprint density at radius 2 is 1.83 bits per heavy atom. The Kier molecular flexibility index (Phi) is 5.95. The zero-order valence-corrected chi connectivity index (χ0v) is 12.0. The summed E-state index contributed by atoms with van der Waals surface area (Å²) in [6.07, 6.45) is 1.05. The average molecular weight is 252 g/mol. The second-order valence-corrected chi connectivity index (χ2v) is 4.49. The molecule has 0 saturated heterocycles. The molecule has 1 aromatic rings. The van der Waals surface area contributed by atoms with Crippen molar-refractivity contribution in [1.29, 1.82) is 0 Å². The molecule has 102 valence electrons. The van der Waals surface area contributed by atoms with E-state index in [9.17, 15) is 0 Å². The summed E-state index contributed by atoms with van der Waals surface area (Å²) in [6, 6.07) is 6.49. The van der Waals surface area contributed by atoms with Gasteiger partial charge in [-0.15, -0.1) is 0 Å². The van der Waals surface area contributed by atoms with Crippen molar-refractivity contribution in [2.24, 2.45) is 0 Å². The van der Waals surface area contributed by atoms with Crippen molar-refractivity contribution in [1.82, 2.24) is 10.2 Å². The normalized spacial score (nSPS) is 12.6. The Hall–Kier alpha value is -1.26. The van der Waals surface area contributed by atoms with Gasteiger partial charge in [-0.3, -0.25) is 0 Å². The van der Waals surface area contributed by atoms with E-state index in [2.05, 4.69) is 36.4 Å². The van der Waals surface area contributed by atoms with E-state index >= 15 is 0 Å². The molecule has 1 atom stereocenters. The number of rotatable bonds is 7. The van der Waals surface area contributed by atoms with E-state index in [0.717, 1.165) is 24.5 Å². The van der Waals surface area contributed by atoms with E-state index in [0.29, 0.717) is 6.04 Å². The first-order valence-electron chi connectivity index (χ1n) is 6.17. The lowest BCUT2D eigenvalue weighted by molar-refractivity contribution is 0.281. The van der Waals surface area contributed by atoms with Gasteiger partial charge in [-0.2, -0.15) is 0 Å². The molecular formula is C14H24N2O2. The van der Waals surface area contributed by atoms with Crippen LogP contribution in [0.15, 0.2) is 18.2 Å². The lowest BCUT2D eigenvalue weighted by Gasteiger charge is -2.25. The Bertz CT molecular complexity index is 367. The SMILES string of the molecule is CNCCC(c1ccc(OC)c(OC)c1)N(C)C. The highest BCUT2D eigenvalue weighted by atomic mass is 16.5. The van der Waals surface area contributed by atoms with Crippen LogP contribution in [0.25, 0.3) is 0 Å². The molecule has 1 aromatic carbocycles. The van der Waals surface area contributed by atoms with Crippen LogP contribution < -0.4 is 14.8 Å². The predicted octanol–water partition coefficient (Wildman–Crippen LogP) is 1.92. The largest absolute Gasteiger partial charge is 0.493 e. The summed E-state index contributed by atoms with van der Waals surface area (Å²) in [4.78, 5) is 2.22. The van der Waals surface area contributed by atoms with Gasteiger partial charge in [-0.1, -0.05) is 6.07 Å². The first-order chi connectivity index (χ1) is 8.63. The first kappa shape index (κ1) is 14.8. The molecule has 1 N–H and O–H groups in total. The quantitative estimate of drug-likeness (QED) is 0.804. The zero-order chi connectivity index (χ0) is 13.5. The molecule has 0 aliphatic heterocycles. The highest BCUT2D eigenvalue weighted by Crippen LogP contribution is 2.32. The number of methoxy groups -OCH3 is 2. The van der Waals surface area contributed by atoms with Gasteiger partial charge in [0.1, 0.15) is 0 Å². The van der Waals surface area contributed by atoms with Crippen molar-refractivity contribution in [3.05, 3.63) is 23.8 Å². The summed E-state index contributed by atoms with van der Waals surface area (Å²) in [7, 11) is 9.48. The summed E-state index contributed by atoms with van der Waals surface area (Å²) in [6.45, 7) is 0.983. The molecule has 0 radical (unpaired) electrons. The highest BCUT2D eigenvalue weighted by Gasteiger charge is 2.15. The first-order valence-corrected chi connectivity index (χ1v) is 6.17. The minimum atomic E-state index is 0.372. The molecule has 0 heterocycles. The van der Waals surface area contributed by atoms with Gasteiger partial charge in [0.15, 0.2) is 11.5 Å². The van der Waals surface area contributed by atoms with Crippen molar-refractivity contribution in [3.63, 3.8) is 0 Å². The van der Waals surface area contributed by atoms with Gasteiger partial charge in [0, 0.05) is 6.04 Å². The molecule has 0 bridgehead atoms. The van der Waals surface area contributed by atoms with Gasteiger partial charge >= 0.3 is 0 Å². The summed E-state index contributed by atoms with van der Waals surface area (Å²) in [5.41, 5.74) is 1.24. The molecule has 0 fully saturated rings. The van der Waals surface area contributed by atoms with Gasteiger partial charge in [-0.25, -0.2) is 0 Å². The van der Waals surface area contributed by atoms with Crippen LogP contribution in [0.1, 0.15) is 18.0 Å². The van der Waals surface area contributed by atoms with Crippen LogP contribution in [-0.2, 0) is 0 Å². The van der Waals surface area contributed by atoms with E-state index in [4.69, 9.17) is 9.47 Å². The molecule has 4 heteroatoms. The van der Waals surface area contributed by atoms with Crippen LogP contribution in [0.3, 0.4) is 0 Å². The smallest absolute Gasteiger partial charge is 0.161 e. The van der Waals surface area contributed by atoms with E-state index in [1.165, 1.54) is 5.56 Å². The molecule has 0 amide bonds. The van der Waals surface area contributed by atoms with Gasteiger partial charge in [-0.05, 0) is 51.8 Å². The Morgan fingerprint density at radius 3 is 2.33 bits per heavy atom. The maximum atomic E-state index is 5.35. The fourth-order valence-corrected chi connectivity index (χ4v) is 2.06. The third-order valence-electron chi connectivity index (χ3n) is 3.08. The van der Waals surface area contributed by atoms with Crippen molar-refractivity contribution in [2.45, 2.75) is 12.5 Å². The predicted molar refractivity (Wildman–Crippen MR) is 74.5 cm³/mol. The number of benzene rings is 1. The van der Waals surface area contributed by atoms with Crippen molar-refractivity contribution >= 4 is 0 Å². The molecule has 4 nitrogen and oxygen atoms in total. The van der Waals surface area contributed by atoms with Crippen molar-refractivity contribution < 1.29 is 9.47 Å². The topological polar surface area (TPSA) is 33.7 Å². The molecule has 0 aliphatic carbocycles. The van der Waals surface area contributed by atoms with E-state index < -0.39 is 0 Å². The average Bonchev–Trinajstić information content (AvgIpc) is 2.38. The Labute approximate surface area is 110 Å². The van der Waals surface area contributed by atoms with Crippen LogP contribution in [-0.4, -0.2) is 46.8 Å². The third-order valence-corrected chi connectivity index (χ3v) is 3.08. The minimum absolute atomic E-state index is 0.372. The molecule has 0 spiro atoms. The summed E-state index contributed by atoms with van der Waals surface area (Å²) in [5.74, 6) is 1.55.